The first-order chi connectivity index (χ1) is 4.46. The van der Waals surface area contributed by atoms with E-state index in [0.717, 1.165) is 0 Å². The van der Waals surface area contributed by atoms with E-state index in [0.29, 0.717) is 0 Å². The number of carbonyl (C=O) groups is 1. The summed E-state index contributed by atoms with van der Waals surface area (Å²) in [5.41, 5.74) is 10.0. The predicted octanol–water partition coefficient (Wildman–Crippen LogP) is -0.401. The van der Waals surface area contributed by atoms with Gasteiger partial charge >= 0.3 is 0 Å². The third-order valence-electron chi connectivity index (χ3n) is 0.564. The van der Waals surface area contributed by atoms with Gasteiger partial charge in [0, 0.05) is 15.2 Å². The largest absolute Gasteiger partial charge is 0.370 e. The quantitative estimate of drug-likeness (QED) is 0.529. The molecule has 0 aromatic heterocycles. The van der Waals surface area contributed by atoms with E-state index in [1.807, 2.05) is 0 Å². The molecule has 0 aromatic rings. The van der Waals surface area contributed by atoms with Gasteiger partial charge in [-0.15, -0.1) is 0 Å². The molecular weight excluding hydrogens is 104 g/mol. The van der Waals surface area contributed by atoms with Crippen molar-refractivity contribution in [3.8, 4) is 0 Å². The van der Waals surface area contributed by atoms with Crippen LogP contribution in [0, 0.1) is 0 Å². The summed E-state index contributed by atoms with van der Waals surface area (Å²) in [5.74, 6) is -0.794. The number of carbonyl (C=O) groups excluding carboxylic acids is 1. The zero-order chi connectivity index (χ0) is 8.31. The number of hydrogen-bond acceptors (Lipinski definition) is 2. The molecule has 3 heteroatoms. The molecule has 0 saturated heterocycles. The fraction of sp³-hybridized carbons (Fsp3) is 0.800. The highest BCUT2D eigenvalue weighted by molar-refractivity contribution is 5.73. The monoisotopic (exact) mass is 118 g/mol. The molecule has 8 heavy (non-hydrogen) atoms. The zero-order valence-electron chi connectivity index (χ0n) is 6.79. The lowest BCUT2D eigenvalue weighted by Crippen LogP contribution is -2.19. The summed E-state index contributed by atoms with van der Waals surface area (Å²) < 4.78 is 14.2. The van der Waals surface area contributed by atoms with E-state index >= 15 is 0 Å². The Kier molecular flexibility index (Phi) is 1.86. The first-order valence-corrected chi connectivity index (χ1v) is 2.36. The van der Waals surface area contributed by atoms with Crippen molar-refractivity contribution in [1.82, 2.24) is 0 Å². The third kappa shape index (κ3) is 5.43. The molecule has 0 aliphatic carbocycles. The van der Waals surface area contributed by atoms with Crippen molar-refractivity contribution in [2.75, 3.05) is 0 Å². The predicted molar refractivity (Wildman–Crippen MR) is 32.1 cm³/mol. The lowest BCUT2D eigenvalue weighted by Gasteiger charge is -1.99. The molecule has 0 aromatic carbocycles. The van der Waals surface area contributed by atoms with Crippen LogP contribution in [0.1, 0.15) is 22.5 Å². The molecule has 3 nitrogen and oxygen atoms in total. The van der Waals surface area contributed by atoms with E-state index in [1.54, 1.807) is 6.92 Å². The molecule has 0 saturated carbocycles. The van der Waals surface area contributed by atoms with Crippen LogP contribution < -0.4 is 11.5 Å². The first-order valence-electron chi connectivity index (χ1n) is 3.51. The van der Waals surface area contributed by atoms with Gasteiger partial charge in [-0.05, 0) is 13.3 Å². The van der Waals surface area contributed by atoms with Gasteiger partial charge in [-0.2, -0.15) is 0 Å². The maximum atomic E-state index is 10.3. The first kappa shape index (κ1) is 4.32. The zero-order valence-corrected chi connectivity index (χ0v) is 4.79. The molecule has 2 unspecified atom stereocenters. The summed E-state index contributed by atoms with van der Waals surface area (Å²) in [7, 11) is 0. The van der Waals surface area contributed by atoms with Gasteiger partial charge in [-0.3, -0.25) is 4.79 Å². The Morgan fingerprint density at radius 3 is 2.62 bits per heavy atom. The molecule has 48 valence electrons. The maximum absolute atomic E-state index is 10.3. The van der Waals surface area contributed by atoms with Crippen LogP contribution in [-0.4, -0.2) is 11.9 Å². The Hall–Kier alpha value is -0.570. The second-order valence-corrected chi connectivity index (χ2v) is 1.62. The van der Waals surface area contributed by atoms with Gasteiger partial charge in [0.2, 0.25) is 5.91 Å². The third-order valence-corrected chi connectivity index (χ3v) is 0.564. The summed E-state index contributed by atoms with van der Waals surface area (Å²) in [4.78, 5) is 10.3. The van der Waals surface area contributed by atoms with Gasteiger partial charge in [-0.25, -0.2) is 0 Å². The number of rotatable bonds is 3. The van der Waals surface area contributed by atoms with Gasteiger partial charge in [0.1, 0.15) is 0 Å². The average Bonchev–Trinajstić information content (AvgIpc) is 1.84. The van der Waals surface area contributed by atoms with Crippen LogP contribution in [-0.2, 0) is 4.79 Å². The van der Waals surface area contributed by atoms with E-state index in [2.05, 4.69) is 0 Å². The summed E-state index contributed by atoms with van der Waals surface area (Å²) >= 11 is 0. The van der Waals surface area contributed by atoms with Crippen LogP contribution in [0.25, 0.3) is 0 Å². The molecule has 0 aliphatic rings. The minimum absolute atomic E-state index is 0.491. The average molecular weight is 118 g/mol. The number of amides is 1. The smallest absolute Gasteiger partial charge is 0.217 e. The standard InChI is InChI=1S/C5H12N2O/c1-4(6)2-3-5(7)8/h4H,2-3,6H2,1H3,(H2,7,8)/t4-/m1/s1/i2D,3D/t2?,3?,4-. The highest BCUT2D eigenvalue weighted by atomic mass is 16.1. The van der Waals surface area contributed by atoms with Gasteiger partial charge in [0.05, 0.1) is 0 Å². The topological polar surface area (TPSA) is 69.1 Å². The Balaban J connectivity index is 3.94. The molecule has 1 amide bonds. The highest BCUT2D eigenvalue weighted by Gasteiger charge is 1.96. The molecule has 0 radical (unpaired) electrons. The number of primary amides is 1. The van der Waals surface area contributed by atoms with Crippen molar-refractivity contribution < 1.29 is 7.54 Å². The lowest BCUT2D eigenvalue weighted by atomic mass is 10.2. The van der Waals surface area contributed by atoms with E-state index < -0.39 is 24.7 Å². The maximum Gasteiger partial charge on any atom is 0.217 e. The highest BCUT2D eigenvalue weighted by Crippen LogP contribution is 1.89. The normalized spacial score (nSPS) is 24.8. The minimum Gasteiger partial charge on any atom is -0.370 e. The van der Waals surface area contributed by atoms with Gasteiger partial charge in [-0.1, -0.05) is 0 Å². The fourth-order valence-electron chi connectivity index (χ4n) is 0.247. The Morgan fingerprint density at radius 2 is 2.50 bits per heavy atom. The summed E-state index contributed by atoms with van der Waals surface area (Å²) in [5, 5.41) is 0. The molecule has 4 N–H and O–H groups in total. The minimum atomic E-state index is -1.21. The molecule has 0 bridgehead atoms. The Bertz CT molecular complexity index is 129. The van der Waals surface area contributed by atoms with E-state index in [-0.39, 0.29) is 0 Å². The lowest BCUT2D eigenvalue weighted by molar-refractivity contribution is -0.118. The van der Waals surface area contributed by atoms with Crippen LogP contribution in [0.5, 0.6) is 0 Å². The molecule has 0 spiro atoms. The van der Waals surface area contributed by atoms with Crippen molar-refractivity contribution in [3.63, 3.8) is 0 Å². The molecule has 0 heterocycles. The number of nitrogens with two attached hydrogens (primary N) is 2. The number of hydrogen-bond donors (Lipinski definition) is 2. The summed E-state index contributed by atoms with van der Waals surface area (Å²) in [6.45, 7) is 1.57. The Labute approximate surface area is 51.9 Å². The van der Waals surface area contributed by atoms with Crippen LogP contribution in [0.15, 0.2) is 0 Å². The van der Waals surface area contributed by atoms with Gasteiger partial charge < -0.3 is 11.5 Å². The molecular formula is C5H12N2O. The Morgan fingerprint density at radius 1 is 2.00 bits per heavy atom. The van der Waals surface area contributed by atoms with Gasteiger partial charge in [0.15, 0.2) is 0 Å². The van der Waals surface area contributed by atoms with Gasteiger partial charge in [0.25, 0.3) is 0 Å². The second-order valence-electron chi connectivity index (χ2n) is 1.62. The van der Waals surface area contributed by atoms with E-state index in [1.165, 1.54) is 0 Å². The van der Waals surface area contributed by atoms with Crippen LogP contribution >= 0.6 is 0 Å². The van der Waals surface area contributed by atoms with Crippen molar-refractivity contribution in [2.45, 2.75) is 25.8 Å². The van der Waals surface area contributed by atoms with Crippen LogP contribution in [0.4, 0.5) is 0 Å². The van der Waals surface area contributed by atoms with Crippen molar-refractivity contribution in [1.29, 1.82) is 0 Å². The van der Waals surface area contributed by atoms with Crippen molar-refractivity contribution in [3.05, 3.63) is 0 Å². The SMILES string of the molecule is [2H]C(C(N)=O)C([2H])[C@@H](C)N. The summed E-state index contributed by atoms with van der Waals surface area (Å²) in [6.07, 6.45) is -2.13. The fourth-order valence-corrected chi connectivity index (χ4v) is 0.247. The van der Waals surface area contributed by atoms with Crippen LogP contribution in [0.2, 0.25) is 0 Å². The summed E-state index contributed by atoms with van der Waals surface area (Å²) in [6, 6.07) is -0.491. The van der Waals surface area contributed by atoms with E-state index in [4.69, 9.17) is 14.2 Å². The van der Waals surface area contributed by atoms with Crippen molar-refractivity contribution in [2.24, 2.45) is 11.5 Å². The molecule has 0 aliphatic heterocycles. The molecule has 0 rings (SSSR count). The molecule has 0 fully saturated rings. The van der Waals surface area contributed by atoms with E-state index in [9.17, 15) is 4.79 Å². The molecule has 3 atom stereocenters. The van der Waals surface area contributed by atoms with Crippen molar-refractivity contribution >= 4 is 5.91 Å². The second kappa shape index (κ2) is 3.43. The van der Waals surface area contributed by atoms with Crippen LogP contribution in [0.3, 0.4) is 0 Å².